The summed E-state index contributed by atoms with van der Waals surface area (Å²) in [5, 5.41) is 2.73. The van der Waals surface area contributed by atoms with Crippen molar-refractivity contribution in [1.29, 1.82) is 0 Å². The van der Waals surface area contributed by atoms with Crippen molar-refractivity contribution in [3.8, 4) is 5.75 Å². The molecule has 0 unspecified atom stereocenters. The van der Waals surface area contributed by atoms with Crippen LogP contribution in [0.5, 0.6) is 5.75 Å². The van der Waals surface area contributed by atoms with E-state index in [9.17, 15) is 18.0 Å². The highest BCUT2D eigenvalue weighted by Gasteiger charge is 2.31. The minimum atomic E-state index is -4.79. The highest BCUT2D eigenvalue weighted by molar-refractivity contribution is 5.92. The van der Waals surface area contributed by atoms with Crippen LogP contribution in [-0.4, -0.2) is 28.4 Å². The molecular weight excluding hydrogens is 383 g/mol. The number of carbonyl (C=O) groups is 1. The number of carbonyl (C=O) groups excluding carboxylic acids is 1. The smallest absolute Gasteiger partial charge is 0.405 e. The maximum atomic E-state index is 12.4. The number of halogens is 3. The van der Waals surface area contributed by atoms with Crippen molar-refractivity contribution in [3.63, 3.8) is 0 Å². The fourth-order valence-corrected chi connectivity index (χ4v) is 2.99. The Morgan fingerprint density at radius 1 is 1.17 bits per heavy atom. The molecule has 1 N–H and O–H groups in total. The lowest BCUT2D eigenvalue weighted by atomic mass is 10.2. The first kappa shape index (κ1) is 20.4. The third kappa shape index (κ3) is 5.60. The van der Waals surface area contributed by atoms with Crippen molar-refractivity contribution >= 4 is 23.0 Å². The normalized spacial score (nSPS) is 11.9. The number of benzene rings is 2. The van der Waals surface area contributed by atoms with Crippen molar-refractivity contribution in [2.24, 2.45) is 0 Å². The molecule has 5 nitrogen and oxygen atoms in total. The molecule has 0 aliphatic rings. The Bertz CT molecular complexity index is 1030. The summed E-state index contributed by atoms with van der Waals surface area (Å²) in [4.78, 5) is 16.5. The van der Waals surface area contributed by atoms with E-state index in [1.54, 1.807) is 6.07 Å². The zero-order chi connectivity index (χ0) is 20.9. The number of para-hydroxylation sites is 3. The van der Waals surface area contributed by atoms with Gasteiger partial charge in [0, 0.05) is 24.7 Å². The number of nitrogens with one attached hydrogen (secondary N) is 1. The van der Waals surface area contributed by atoms with Crippen molar-refractivity contribution in [2.75, 3.05) is 6.54 Å². The van der Waals surface area contributed by atoms with Crippen LogP contribution in [0.15, 0.2) is 54.6 Å². The van der Waals surface area contributed by atoms with Gasteiger partial charge in [-0.2, -0.15) is 0 Å². The predicted octanol–water partition coefficient (Wildman–Crippen LogP) is 4.46. The molecule has 2 aromatic carbocycles. The first-order valence-electron chi connectivity index (χ1n) is 9.06. The molecule has 0 atom stereocenters. The van der Waals surface area contributed by atoms with Crippen LogP contribution in [-0.2, 0) is 11.3 Å². The molecule has 1 amide bonds. The van der Waals surface area contributed by atoms with E-state index in [0.29, 0.717) is 19.5 Å². The molecule has 0 radical (unpaired) electrons. The highest BCUT2D eigenvalue weighted by atomic mass is 19.4. The summed E-state index contributed by atoms with van der Waals surface area (Å²) in [7, 11) is 0. The lowest BCUT2D eigenvalue weighted by Gasteiger charge is -2.11. The van der Waals surface area contributed by atoms with Gasteiger partial charge >= 0.3 is 6.36 Å². The summed E-state index contributed by atoms with van der Waals surface area (Å²) < 4.78 is 43.4. The molecule has 29 heavy (non-hydrogen) atoms. The maximum Gasteiger partial charge on any atom is 0.573 e. The fourth-order valence-electron chi connectivity index (χ4n) is 2.99. The summed E-state index contributed by atoms with van der Waals surface area (Å²) in [6, 6.07) is 13.5. The Labute approximate surface area is 165 Å². The lowest BCUT2D eigenvalue weighted by Crippen LogP contribution is -2.23. The van der Waals surface area contributed by atoms with Crippen molar-refractivity contribution in [2.45, 2.75) is 26.3 Å². The zero-order valence-electron chi connectivity index (χ0n) is 15.7. The highest BCUT2D eigenvalue weighted by Crippen LogP contribution is 2.26. The number of hydrogen-bond acceptors (Lipinski definition) is 3. The number of aromatic nitrogens is 2. The Balaban J connectivity index is 1.52. The molecule has 0 aliphatic carbocycles. The van der Waals surface area contributed by atoms with Gasteiger partial charge in [-0.05, 0) is 37.6 Å². The molecule has 0 bridgehead atoms. The van der Waals surface area contributed by atoms with Crippen molar-refractivity contribution in [1.82, 2.24) is 14.9 Å². The van der Waals surface area contributed by atoms with E-state index >= 15 is 0 Å². The third-order valence-corrected chi connectivity index (χ3v) is 4.26. The van der Waals surface area contributed by atoms with Gasteiger partial charge in [-0.15, -0.1) is 13.2 Å². The summed E-state index contributed by atoms with van der Waals surface area (Å²) in [5.41, 5.74) is 2.13. The minimum absolute atomic E-state index is 0.167. The SMILES string of the molecule is Cc1nc2ccccc2n1CCCNC(=O)/C=C/c1ccccc1OC(F)(F)F. The second kappa shape index (κ2) is 8.81. The van der Waals surface area contributed by atoms with Gasteiger partial charge < -0.3 is 14.6 Å². The molecule has 1 heterocycles. The number of fused-ring (bicyclic) bond motifs is 1. The van der Waals surface area contributed by atoms with Crippen molar-refractivity contribution in [3.05, 3.63) is 66.0 Å². The van der Waals surface area contributed by atoms with Crippen LogP contribution >= 0.6 is 0 Å². The van der Waals surface area contributed by atoms with Gasteiger partial charge in [0.15, 0.2) is 0 Å². The number of aryl methyl sites for hydroxylation is 2. The van der Waals surface area contributed by atoms with Crippen LogP contribution in [0, 0.1) is 6.92 Å². The molecule has 0 spiro atoms. The average molecular weight is 403 g/mol. The number of rotatable bonds is 7. The van der Waals surface area contributed by atoms with E-state index in [-0.39, 0.29) is 17.2 Å². The molecule has 152 valence electrons. The second-order valence-corrected chi connectivity index (χ2v) is 6.36. The summed E-state index contributed by atoms with van der Waals surface area (Å²) >= 11 is 0. The Kier molecular flexibility index (Phi) is 6.21. The van der Waals surface area contributed by atoms with E-state index in [0.717, 1.165) is 16.9 Å². The first-order chi connectivity index (χ1) is 13.8. The molecule has 0 aliphatic heterocycles. The number of amides is 1. The van der Waals surface area contributed by atoms with E-state index < -0.39 is 6.36 Å². The van der Waals surface area contributed by atoms with Crippen molar-refractivity contribution < 1.29 is 22.7 Å². The second-order valence-electron chi connectivity index (χ2n) is 6.36. The van der Waals surface area contributed by atoms with E-state index in [1.807, 2.05) is 31.2 Å². The standard InChI is InChI=1S/C21H20F3N3O2/c1-15-26-17-8-3-4-9-18(17)27(15)14-6-13-25-20(28)12-11-16-7-2-5-10-19(16)29-21(22,23)24/h2-5,7-12H,6,13-14H2,1H3,(H,25,28)/b12-11+. The van der Waals surface area contributed by atoms with Gasteiger partial charge in [-0.3, -0.25) is 4.79 Å². The first-order valence-corrected chi connectivity index (χ1v) is 9.06. The minimum Gasteiger partial charge on any atom is -0.405 e. The third-order valence-electron chi connectivity index (χ3n) is 4.26. The summed E-state index contributed by atoms with van der Waals surface area (Å²) in [6.45, 7) is 3.05. The van der Waals surface area contributed by atoms with Gasteiger partial charge in [0.2, 0.25) is 5.91 Å². The van der Waals surface area contributed by atoms with Gasteiger partial charge in [0.1, 0.15) is 11.6 Å². The molecule has 3 aromatic rings. The zero-order valence-corrected chi connectivity index (χ0v) is 15.7. The van der Waals surface area contributed by atoms with Crippen LogP contribution in [0.3, 0.4) is 0 Å². The van der Waals surface area contributed by atoms with Gasteiger partial charge in [0.05, 0.1) is 11.0 Å². The number of nitrogens with zero attached hydrogens (tertiary/aromatic N) is 2. The molecule has 0 saturated heterocycles. The van der Waals surface area contributed by atoms with Crippen LogP contribution in [0.2, 0.25) is 0 Å². The quantitative estimate of drug-likeness (QED) is 0.468. The number of hydrogen-bond donors (Lipinski definition) is 1. The van der Waals surface area contributed by atoms with Crippen LogP contribution in [0.25, 0.3) is 17.1 Å². The molecule has 0 saturated carbocycles. The monoisotopic (exact) mass is 403 g/mol. The van der Waals surface area contributed by atoms with Crippen LogP contribution < -0.4 is 10.1 Å². The summed E-state index contributed by atoms with van der Waals surface area (Å²) in [6.07, 6.45) is -1.61. The van der Waals surface area contributed by atoms with Gasteiger partial charge in [0.25, 0.3) is 0 Å². The van der Waals surface area contributed by atoms with Gasteiger partial charge in [-0.1, -0.05) is 30.3 Å². The van der Waals surface area contributed by atoms with Gasteiger partial charge in [-0.25, -0.2) is 4.98 Å². The largest absolute Gasteiger partial charge is 0.573 e. The van der Waals surface area contributed by atoms with Crippen LogP contribution in [0.1, 0.15) is 17.8 Å². The Hall–Kier alpha value is -3.29. The maximum absolute atomic E-state index is 12.4. The Morgan fingerprint density at radius 3 is 2.69 bits per heavy atom. The van der Waals surface area contributed by atoms with Crippen LogP contribution in [0.4, 0.5) is 13.2 Å². The number of alkyl halides is 3. The average Bonchev–Trinajstić information content (AvgIpc) is 2.98. The van der Waals surface area contributed by atoms with E-state index in [1.165, 1.54) is 30.4 Å². The lowest BCUT2D eigenvalue weighted by molar-refractivity contribution is -0.274. The molecule has 3 rings (SSSR count). The molecule has 1 aromatic heterocycles. The number of imidazole rings is 1. The Morgan fingerprint density at radius 2 is 1.90 bits per heavy atom. The topological polar surface area (TPSA) is 56.2 Å². The number of ether oxygens (including phenoxy) is 1. The van der Waals surface area contributed by atoms with E-state index in [2.05, 4.69) is 19.6 Å². The molecule has 0 fully saturated rings. The predicted molar refractivity (Wildman–Crippen MR) is 104 cm³/mol. The molecule has 8 heteroatoms. The van der Waals surface area contributed by atoms with E-state index in [4.69, 9.17) is 0 Å². The fraction of sp³-hybridized carbons (Fsp3) is 0.238. The molecular formula is C21H20F3N3O2. The summed E-state index contributed by atoms with van der Waals surface area (Å²) in [5.74, 6) is 0.157.